The fourth-order valence-electron chi connectivity index (χ4n) is 2.64. The van der Waals surface area contributed by atoms with Crippen LogP contribution < -0.4 is 14.4 Å². The smallest absolute Gasteiger partial charge is 0.260 e. The van der Waals surface area contributed by atoms with Gasteiger partial charge < -0.3 is 19.3 Å². The second kappa shape index (κ2) is 7.42. The minimum absolute atomic E-state index is 0.0890. The molecule has 0 aliphatic carbocycles. The molecule has 0 saturated carbocycles. The van der Waals surface area contributed by atoms with Crippen LogP contribution in [0.3, 0.4) is 0 Å². The summed E-state index contributed by atoms with van der Waals surface area (Å²) in [5.74, 6) is 0.809. The van der Waals surface area contributed by atoms with E-state index in [1.807, 2.05) is 37.2 Å². The SMILES string of the molecule is CN(C)c1ccc2c(c1)CN(C(=O)COc1ccc(F)cc1)CCO2. The Hall–Kier alpha value is -2.76. The van der Waals surface area contributed by atoms with Gasteiger partial charge in [-0.25, -0.2) is 4.39 Å². The van der Waals surface area contributed by atoms with Gasteiger partial charge in [0.25, 0.3) is 5.91 Å². The Bertz CT molecular complexity index is 747. The first-order valence-electron chi connectivity index (χ1n) is 8.12. The number of carbonyl (C=O) groups is 1. The summed E-state index contributed by atoms with van der Waals surface area (Å²) in [4.78, 5) is 16.2. The van der Waals surface area contributed by atoms with Crippen molar-refractivity contribution in [2.24, 2.45) is 0 Å². The average Bonchev–Trinajstić information content (AvgIpc) is 2.82. The lowest BCUT2D eigenvalue weighted by atomic mass is 10.1. The summed E-state index contributed by atoms with van der Waals surface area (Å²) in [7, 11) is 3.94. The third kappa shape index (κ3) is 4.21. The lowest BCUT2D eigenvalue weighted by Crippen LogP contribution is -2.36. The van der Waals surface area contributed by atoms with Crippen LogP contribution in [0.5, 0.6) is 11.5 Å². The minimum atomic E-state index is -0.336. The standard InChI is InChI=1S/C19H21FN2O3/c1-21(2)16-5-8-18-14(11-16)12-22(9-10-24-18)19(23)13-25-17-6-3-15(20)4-7-17/h3-8,11H,9-10,12-13H2,1-2H3. The zero-order valence-electron chi connectivity index (χ0n) is 14.4. The van der Waals surface area contributed by atoms with E-state index in [1.165, 1.54) is 24.3 Å². The number of nitrogens with zero attached hydrogens (tertiary/aromatic N) is 2. The molecule has 0 radical (unpaired) electrons. The van der Waals surface area contributed by atoms with Crippen LogP contribution in [0, 0.1) is 5.82 Å². The second-order valence-electron chi connectivity index (χ2n) is 6.09. The van der Waals surface area contributed by atoms with Crippen molar-refractivity contribution >= 4 is 11.6 Å². The Kier molecular flexibility index (Phi) is 5.07. The first-order chi connectivity index (χ1) is 12.0. The molecular formula is C19H21FN2O3. The van der Waals surface area contributed by atoms with Crippen LogP contribution in [0.25, 0.3) is 0 Å². The molecule has 3 rings (SSSR count). The van der Waals surface area contributed by atoms with Gasteiger partial charge in [-0.1, -0.05) is 0 Å². The van der Waals surface area contributed by atoms with E-state index in [4.69, 9.17) is 9.47 Å². The normalized spacial score (nSPS) is 13.5. The van der Waals surface area contributed by atoms with Crippen molar-refractivity contribution in [1.29, 1.82) is 0 Å². The van der Waals surface area contributed by atoms with E-state index >= 15 is 0 Å². The van der Waals surface area contributed by atoms with Crippen LogP contribution in [0.4, 0.5) is 10.1 Å². The van der Waals surface area contributed by atoms with Crippen molar-refractivity contribution in [1.82, 2.24) is 4.90 Å². The molecule has 25 heavy (non-hydrogen) atoms. The molecule has 0 atom stereocenters. The molecule has 1 amide bonds. The topological polar surface area (TPSA) is 42.0 Å². The predicted molar refractivity (Wildman–Crippen MR) is 93.6 cm³/mol. The van der Waals surface area contributed by atoms with Crippen LogP contribution in [0.15, 0.2) is 42.5 Å². The lowest BCUT2D eigenvalue weighted by Gasteiger charge is -2.21. The number of carbonyl (C=O) groups excluding carboxylic acids is 1. The predicted octanol–water partition coefficient (Wildman–Crippen LogP) is 2.69. The number of halogens is 1. The summed E-state index contributed by atoms with van der Waals surface area (Å²) in [5, 5.41) is 0. The lowest BCUT2D eigenvalue weighted by molar-refractivity contribution is -0.134. The maximum atomic E-state index is 12.9. The van der Waals surface area contributed by atoms with Crippen LogP contribution in [0.1, 0.15) is 5.56 Å². The first-order valence-corrected chi connectivity index (χ1v) is 8.12. The summed E-state index contributed by atoms with van der Waals surface area (Å²) in [6.07, 6.45) is 0. The van der Waals surface area contributed by atoms with Crippen molar-refractivity contribution in [3.63, 3.8) is 0 Å². The highest BCUT2D eigenvalue weighted by molar-refractivity contribution is 5.78. The van der Waals surface area contributed by atoms with Crippen molar-refractivity contribution in [3.8, 4) is 11.5 Å². The van der Waals surface area contributed by atoms with Gasteiger partial charge in [0.2, 0.25) is 0 Å². The molecule has 0 fully saturated rings. The van der Waals surface area contributed by atoms with Crippen LogP contribution in [-0.2, 0) is 11.3 Å². The maximum absolute atomic E-state index is 12.9. The molecule has 5 nitrogen and oxygen atoms in total. The molecule has 6 heteroatoms. The van der Waals surface area contributed by atoms with E-state index in [0.717, 1.165) is 17.0 Å². The molecule has 0 spiro atoms. The van der Waals surface area contributed by atoms with Gasteiger partial charge in [-0.05, 0) is 42.5 Å². The Labute approximate surface area is 146 Å². The minimum Gasteiger partial charge on any atom is -0.491 e. The summed E-state index contributed by atoms with van der Waals surface area (Å²) in [6, 6.07) is 11.6. The van der Waals surface area contributed by atoms with Crippen LogP contribution in [0.2, 0.25) is 0 Å². The highest BCUT2D eigenvalue weighted by atomic mass is 19.1. The van der Waals surface area contributed by atoms with Gasteiger partial charge in [-0.15, -0.1) is 0 Å². The maximum Gasteiger partial charge on any atom is 0.260 e. The summed E-state index contributed by atoms with van der Waals surface area (Å²) in [5.41, 5.74) is 2.03. The van der Waals surface area contributed by atoms with Gasteiger partial charge in [0, 0.05) is 31.9 Å². The van der Waals surface area contributed by atoms with Gasteiger partial charge in [0.15, 0.2) is 6.61 Å². The molecule has 1 heterocycles. The highest BCUT2D eigenvalue weighted by Crippen LogP contribution is 2.27. The third-order valence-electron chi connectivity index (χ3n) is 4.07. The second-order valence-corrected chi connectivity index (χ2v) is 6.09. The molecular weight excluding hydrogens is 323 g/mol. The van der Waals surface area contributed by atoms with Gasteiger partial charge in [-0.2, -0.15) is 0 Å². The molecule has 1 aliphatic heterocycles. The Balaban J connectivity index is 1.66. The number of anilines is 1. The fourth-order valence-corrected chi connectivity index (χ4v) is 2.64. The number of fused-ring (bicyclic) bond motifs is 1. The number of rotatable bonds is 4. The molecule has 132 valence electrons. The third-order valence-corrected chi connectivity index (χ3v) is 4.07. The van der Waals surface area contributed by atoms with E-state index in [1.54, 1.807) is 4.90 Å². The molecule has 0 aromatic heterocycles. The number of hydrogen-bond acceptors (Lipinski definition) is 4. The monoisotopic (exact) mass is 344 g/mol. The molecule has 2 aromatic carbocycles. The van der Waals surface area contributed by atoms with Crippen molar-refractivity contribution in [2.75, 3.05) is 38.8 Å². The molecule has 0 N–H and O–H groups in total. The van der Waals surface area contributed by atoms with E-state index in [-0.39, 0.29) is 18.3 Å². The Morgan fingerprint density at radius 2 is 2.00 bits per heavy atom. The zero-order chi connectivity index (χ0) is 17.8. The molecule has 1 aliphatic rings. The Morgan fingerprint density at radius 1 is 1.24 bits per heavy atom. The molecule has 0 bridgehead atoms. The van der Waals surface area contributed by atoms with Crippen molar-refractivity contribution in [2.45, 2.75) is 6.54 Å². The molecule has 0 saturated heterocycles. The van der Waals surface area contributed by atoms with E-state index in [9.17, 15) is 9.18 Å². The summed E-state index contributed by atoms with van der Waals surface area (Å²) >= 11 is 0. The van der Waals surface area contributed by atoms with Gasteiger partial charge in [0.1, 0.15) is 23.9 Å². The highest BCUT2D eigenvalue weighted by Gasteiger charge is 2.20. The number of benzene rings is 2. The first kappa shape index (κ1) is 17.1. The number of hydrogen-bond donors (Lipinski definition) is 0. The number of ether oxygens (including phenoxy) is 2. The van der Waals surface area contributed by atoms with Crippen molar-refractivity contribution < 1.29 is 18.7 Å². The quantitative estimate of drug-likeness (QED) is 0.855. The summed E-state index contributed by atoms with van der Waals surface area (Å²) in [6.45, 7) is 1.32. The molecule has 2 aromatic rings. The van der Waals surface area contributed by atoms with E-state index < -0.39 is 0 Å². The van der Waals surface area contributed by atoms with Crippen LogP contribution >= 0.6 is 0 Å². The van der Waals surface area contributed by atoms with Gasteiger partial charge in [-0.3, -0.25) is 4.79 Å². The molecule has 0 unspecified atom stereocenters. The number of amides is 1. The Morgan fingerprint density at radius 3 is 2.72 bits per heavy atom. The fraction of sp³-hybridized carbons (Fsp3) is 0.316. The van der Waals surface area contributed by atoms with Crippen LogP contribution in [-0.4, -0.2) is 44.7 Å². The van der Waals surface area contributed by atoms with Gasteiger partial charge in [0.05, 0.1) is 6.54 Å². The summed E-state index contributed by atoms with van der Waals surface area (Å²) < 4.78 is 24.1. The van der Waals surface area contributed by atoms with E-state index in [2.05, 4.69) is 0 Å². The largest absolute Gasteiger partial charge is 0.491 e. The van der Waals surface area contributed by atoms with Crippen molar-refractivity contribution in [3.05, 3.63) is 53.8 Å². The van der Waals surface area contributed by atoms with Gasteiger partial charge >= 0.3 is 0 Å². The zero-order valence-corrected chi connectivity index (χ0v) is 14.4. The van der Waals surface area contributed by atoms with E-state index in [0.29, 0.717) is 25.4 Å². The average molecular weight is 344 g/mol.